The van der Waals surface area contributed by atoms with E-state index >= 15 is 0 Å². The molecule has 0 aliphatic heterocycles. The number of halogens is 2. The van der Waals surface area contributed by atoms with Gasteiger partial charge in [-0.3, -0.25) is 9.36 Å². The highest BCUT2D eigenvalue weighted by Crippen LogP contribution is 2.55. The molecule has 1 unspecified atom stereocenters. The van der Waals surface area contributed by atoms with E-state index in [2.05, 4.69) is 15.3 Å². The van der Waals surface area contributed by atoms with Gasteiger partial charge in [0.15, 0.2) is 0 Å². The number of aliphatic hydroxyl groups excluding tert-OH is 2. The molecule has 0 saturated heterocycles. The van der Waals surface area contributed by atoms with Crippen LogP contribution in [0.3, 0.4) is 0 Å². The van der Waals surface area contributed by atoms with Crippen LogP contribution in [0.15, 0.2) is 43.2 Å². The minimum atomic E-state index is -2.62. The highest BCUT2D eigenvalue weighted by atomic mass is 19.3. The second kappa shape index (κ2) is 7.75. The molecule has 1 saturated carbocycles. The van der Waals surface area contributed by atoms with E-state index in [4.69, 9.17) is 10.1 Å². The Balaban J connectivity index is 1.50. The van der Waals surface area contributed by atoms with E-state index in [0.717, 1.165) is 5.52 Å². The summed E-state index contributed by atoms with van der Waals surface area (Å²) < 4.78 is 32.2. The van der Waals surface area contributed by atoms with Gasteiger partial charge in [-0.1, -0.05) is 6.92 Å². The van der Waals surface area contributed by atoms with Gasteiger partial charge in [0.1, 0.15) is 0 Å². The van der Waals surface area contributed by atoms with Crippen molar-refractivity contribution in [3.63, 3.8) is 0 Å². The van der Waals surface area contributed by atoms with Crippen molar-refractivity contribution in [3.8, 4) is 22.5 Å². The van der Waals surface area contributed by atoms with Crippen molar-refractivity contribution in [2.75, 3.05) is 6.61 Å². The molecular formula is C21H23F2N7O2. The number of rotatable bonds is 8. The van der Waals surface area contributed by atoms with Crippen molar-refractivity contribution < 1.29 is 19.0 Å². The third kappa shape index (κ3) is 3.67. The van der Waals surface area contributed by atoms with Gasteiger partial charge in [-0.25, -0.2) is 18.3 Å². The van der Waals surface area contributed by atoms with Crippen LogP contribution in [0.4, 0.5) is 8.78 Å². The van der Waals surface area contributed by atoms with Gasteiger partial charge >= 0.3 is 0 Å². The molecular weight excluding hydrogens is 420 g/mol. The highest BCUT2D eigenvalue weighted by molar-refractivity contribution is 5.78. The average molecular weight is 443 g/mol. The van der Waals surface area contributed by atoms with E-state index < -0.39 is 17.9 Å². The standard InChI is InChI=1S/C21H23F2N7O2/c1-2-18(16-5-21(16,22)23)29-9-14(7-26-29)20-19-3-4-24-30(19)11-17(27-20)13-6-25-28(8-13)10-15(32)12-31/h3-4,6-9,11,15-16,18,31-32H,2,5,10,12H2,1H3/t15?,16-,18+/m0/s1. The van der Waals surface area contributed by atoms with Crippen molar-refractivity contribution in [2.24, 2.45) is 5.92 Å². The second-order valence-corrected chi connectivity index (χ2v) is 8.18. The van der Waals surface area contributed by atoms with Gasteiger partial charge in [0, 0.05) is 29.9 Å². The largest absolute Gasteiger partial charge is 0.394 e. The maximum absolute atomic E-state index is 13.7. The van der Waals surface area contributed by atoms with Crippen LogP contribution in [0, 0.1) is 5.92 Å². The molecule has 0 amide bonds. The van der Waals surface area contributed by atoms with Crippen LogP contribution >= 0.6 is 0 Å². The highest BCUT2D eigenvalue weighted by Gasteiger charge is 2.60. The Bertz CT molecular complexity index is 1250. The molecule has 168 valence electrons. The lowest BCUT2D eigenvalue weighted by atomic mass is 10.1. The molecule has 9 nitrogen and oxygen atoms in total. The van der Waals surface area contributed by atoms with E-state index in [1.807, 2.05) is 13.0 Å². The quantitative estimate of drug-likeness (QED) is 0.433. The smallest absolute Gasteiger partial charge is 0.253 e. The molecule has 4 heterocycles. The lowest BCUT2D eigenvalue weighted by Gasteiger charge is -2.14. The van der Waals surface area contributed by atoms with Gasteiger partial charge in [-0.2, -0.15) is 15.3 Å². The normalized spacial score (nSPS) is 19.3. The van der Waals surface area contributed by atoms with Crippen molar-refractivity contribution >= 4 is 5.52 Å². The molecule has 2 N–H and O–H groups in total. The monoisotopic (exact) mass is 443 g/mol. The topological polar surface area (TPSA) is 106 Å². The van der Waals surface area contributed by atoms with Crippen LogP contribution in [0.1, 0.15) is 25.8 Å². The fourth-order valence-corrected chi connectivity index (χ4v) is 4.10. The van der Waals surface area contributed by atoms with Crippen LogP contribution in [-0.2, 0) is 6.54 Å². The summed E-state index contributed by atoms with van der Waals surface area (Å²) >= 11 is 0. The Labute approximate surface area is 181 Å². The Hall–Kier alpha value is -3.18. The summed E-state index contributed by atoms with van der Waals surface area (Å²) in [6.45, 7) is 1.69. The maximum atomic E-state index is 13.7. The zero-order valence-corrected chi connectivity index (χ0v) is 17.4. The third-order valence-corrected chi connectivity index (χ3v) is 5.90. The Morgan fingerprint density at radius 2 is 1.94 bits per heavy atom. The van der Waals surface area contributed by atoms with E-state index in [-0.39, 0.29) is 25.6 Å². The fraction of sp³-hybridized carbons (Fsp3) is 0.429. The van der Waals surface area contributed by atoms with Crippen LogP contribution in [0.5, 0.6) is 0 Å². The number of aliphatic hydroxyl groups is 2. The molecule has 0 radical (unpaired) electrons. The van der Waals surface area contributed by atoms with E-state index in [0.29, 0.717) is 28.9 Å². The zero-order chi connectivity index (χ0) is 22.5. The van der Waals surface area contributed by atoms with Gasteiger partial charge in [0.25, 0.3) is 5.92 Å². The minimum Gasteiger partial charge on any atom is -0.394 e. The lowest BCUT2D eigenvalue weighted by Crippen LogP contribution is -2.19. The Kier molecular flexibility index (Phi) is 5.01. The van der Waals surface area contributed by atoms with Crippen LogP contribution in [-0.4, -0.2) is 63.0 Å². The van der Waals surface area contributed by atoms with Crippen molar-refractivity contribution in [2.45, 2.75) is 44.4 Å². The average Bonchev–Trinajstić information content (AvgIpc) is 3.30. The first-order chi connectivity index (χ1) is 15.4. The van der Waals surface area contributed by atoms with Crippen molar-refractivity contribution in [1.29, 1.82) is 0 Å². The SMILES string of the molecule is CC[C@H]([C@@H]1CC1(F)F)n1cc(-c2nc(-c3cnn(CC(O)CO)c3)cn3nccc23)cn1. The number of hydrogen-bond acceptors (Lipinski definition) is 6. The van der Waals surface area contributed by atoms with Crippen LogP contribution in [0.25, 0.3) is 28.0 Å². The summed E-state index contributed by atoms with van der Waals surface area (Å²) in [5, 5.41) is 31.6. The molecule has 3 atom stereocenters. The molecule has 0 aromatic carbocycles. The molecule has 32 heavy (non-hydrogen) atoms. The molecule has 0 spiro atoms. The van der Waals surface area contributed by atoms with Crippen molar-refractivity contribution in [3.05, 3.63) is 43.2 Å². The van der Waals surface area contributed by atoms with Gasteiger partial charge in [0.05, 0.1) is 72.9 Å². The number of hydrogen-bond donors (Lipinski definition) is 2. The predicted molar refractivity (Wildman–Crippen MR) is 111 cm³/mol. The van der Waals surface area contributed by atoms with Crippen LogP contribution in [0.2, 0.25) is 0 Å². The van der Waals surface area contributed by atoms with Gasteiger partial charge in [-0.15, -0.1) is 0 Å². The summed E-state index contributed by atoms with van der Waals surface area (Å²) in [6.07, 6.45) is 9.75. The van der Waals surface area contributed by atoms with E-state index in [1.54, 1.807) is 46.4 Å². The second-order valence-electron chi connectivity index (χ2n) is 8.18. The first-order valence-electron chi connectivity index (χ1n) is 10.5. The Morgan fingerprint density at radius 1 is 1.16 bits per heavy atom. The molecule has 4 aromatic heterocycles. The molecule has 1 fully saturated rings. The minimum absolute atomic E-state index is 0.101. The molecule has 0 bridgehead atoms. The summed E-state index contributed by atoms with van der Waals surface area (Å²) in [5.74, 6) is -3.30. The molecule has 5 rings (SSSR count). The van der Waals surface area contributed by atoms with Crippen molar-refractivity contribution in [1.82, 2.24) is 34.2 Å². The van der Waals surface area contributed by atoms with Gasteiger partial charge in [-0.05, 0) is 12.5 Å². The molecule has 11 heteroatoms. The molecule has 4 aromatic rings. The summed E-state index contributed by atoms with van der Waals surface area (Å²) in [6, 6.07) is 1.47. The fourth-order valence-electron chi connectivity index (χ4n) is 4.10. The summed E-state index contributed by atoms with van der Waals surface area (Å²) in [7, 11) is 0. The number of nitrogens with zero attached hydrogens (tertiary/aromatic N) is 7. The predicted octanol–water partition coefficient (Wildman–Crippen LogP) is 2.42. The Morgan fingerprint density at radius 3 is 2.66 bits per heavy atom. The summed E-state index contributed by atoms with van der Waals surface area (Å²) in [5.41, 5.74) is 3.43. The molecule has 1 aliphatic carbocycles. The lowest BCUT2D eigenvalue weighted by molar-refractivity contribution is 0.0782. The van der Waals surface area contributed by atoms with Crippen LogP contribution < -0.4 is 0 Å². The van der Waals surface area contributed by atoms with Gasteiger partial charge < -0.3 is 10.2 Å². The van der Waals surface area contributed by atoms with E-state index in [1.165, 1.54) is 4.68 Å². The zero-order valence-electron chi connectivity index (χ0n) is 17.4. The van der Waals surface area contributed by atoms with Gasteiger partial charge in [0.2, 0.25) is 0 Å². The number of alkyl halides is 2. The number of aromatic nitrogens is 7. The number of fused-ring (bicyclic) bond motifs is 1. The van der Waals surface area contributed by atoms with E-state index in [9.17, 15) is 13.9 Å². The maximum Gasteiger partial charge on any atom is 0.253 e. The molecule has 1 aliphatic rings. The first kappa shape index (κ1) is 20.7. The summed E-state index contributed by atoms with van der Waals surface area (Å²) in [4.78, 5) is 4.79. The third-order valence-electron chi connectivity index (χ3n) is 5.90. The first-order valence-corrected chi connectivity index (χ1v) is 10.5.